The van der Waals surface area contributed by atoms with E-state index >= 15 is 0 Å². The normalized spacial score (nSPS) is 10.6. The summed E-state index contributed by atoms with van der Waals surface area (Å²) in [6, 6.07) is 29.6. The number of nitrogens with zero attached hydrogens (tertiary/aromatic N) is 4. The first-order chi connectivity index (χ1) is 14.3. The van der Waals surface area contributed by atoms with Gasteiger partial charge in [0, 0.05) is 18.1 Å². The smallest absolute Gasteiger partial charge is 0.138 e. The first-order valence-electron chi connectivity index (χ1n) is 9.24. The molecule has 2 aromatic heterocycles. The number of hydrogen-bond donors (Lipinski definition) is 0. The second kappa shape index (κ2) is 8.64. The molecule has 2 aromatic carbocycles. The summed E-state index contributed by atoms with van der Waals surface area (Å²) < 4.78 is 0. The zero-order valence-electron chi connectivity index (χ0n) is 15.7. The third-order valence-corrected chi connectivity index (χ3v) is 4.42. The Balaban J connectivity index is 1.60. The molecule has 0 spiro atoms. The van der Waals surface area contributed by atoms with Crippen LogP contribution in [0.5, 0.6) is 0 Å². The van der Waals surface area contributed by atoms with Gasteiger partial charge in [-0.05, 0) is 59.7 Å². The minimum absolute atomic E-state index is 0.663. The maximum absolute atomic E-state index is 8.89. The van der Waals surface area contributed by atoms with Crippen LogP contribution in [-0.4, -0.2) is 9.97 Å². The number of rotatable bonds is 5. The molecule has 0 aliphatic rings. The molecule has 4 aromatic rings. The average molecular weight is 374 g/mol. The molecule has 29 heavy (non-hydrogen) atoms. The van der Waals surface area contributed by atoms with Gasteiger partial charge in [-0.2, -0.15) is 5.26 Å². The van der Waals surface area contributed by atoms with Crippen LogP contribution in [0.4, 0.5) is 17.3 Å². The van der Waals surface area contributed by atoms with E-state index in [-0.39, 0.29) is 0 Å². The van der Waals surface area contributed by atoms with E-state index in [1.807, 2.05) is 71.6 Å². The summed E-state index contributed by atoms with van der Waals surface area (Å²) in [5, 5.41) is 8.89. The molecular weight excluding hydrogens is 356 g/mol. The van der Waals surface area contributed by atoms with Gasteiger partial charge in [-0.15, -0.1) is 0 Å². The van der Waals surface area contributed by atoms with Gasteiger partial charge in [-0.25, -0.2) is 9.97 Å². The van der Waals surface area contributed by atoms with Crippen molar-refractivity contribution in [3.63, 3.8) is 0 Å². The lowest BCUT2D eigenvalue weighted by Gasteiger charge is -2.22. The zero-order chi connectivity index (χ0) is 19.9. The second-order valence-electron chi connectivity index (χ2n) is 6.37. The van der Waals surface area contributed by atoms with Gasteiger partial charge in [0.1, 0.15) is 11.6 Å². The molecule has 2 heterocycles. The van der Waals surface area contributed by atoms with Crippen molar-refractivity contribution in [2.24, 2.45) is 0 Å². The Morgan fingerprint density at radius 1 is 0.655 bits per heavy atom. The highest BCUT2D eigenvalue weighted by Gasteiger charge is 2.13. The number of hydrogen-bond acceptors (Lipinski definition) is 4. The highest BCUT2D eigenvalue weighted by molar-refractivity contribution is 5.75. The number of aromatic nitrogens is 2. The van der Waals surface area contributed by atoms with E-state index < -0.39 is 0 Å². The van der Waals surface area contributed by atoms with Crippen LogP contribution in [0.15, 0.2) is 97.3 Å². The number of nitriles is 1. The Kier molecular flexibility index (Phi) is 5.41. The van der Waals surface area contributed by atoms with Crippen LogP contribution in [0.2, 0.25) is 0 Å². The summed E-state index contributed by atoms with van der Waals surface area (Å²) in [6.07, 6.45) is 7.64. The van der Waals surface area contributed by atoms with E-state index in [9.17, 15) is 0 Å². The van der Waals surface area contributed by atoms with E-state index in [0.29, 0.717) is 5.56 Å². The minimum Gasteiger partial charge on any atom is -0.279 e. The average Bonchev–Trinajstić information content (AvgIpc) is 2.80. The fourth-order valence-corrected chi connectivity index (χ4v) is 2.95. The molecule has 0 bridgehead atoms. The van der Waals surface area contributed by atoms with Crippen molar-refractivity contribution in [2.45, 2.75) is 0 Å². The van der Waals surface area contributed by atoms with Gasteiger partial charge in [-0.3, -0.25) is 4.90 Å². The molecule has 4 nitrogen and oxygen atoms in total. The van der Waals surface area contributed by atoms with Crippen molar-refractivity contribution in [3.8, 4) is 6.07 Å². The van der Waals surface area contributed by atoms with Crippen LogP contribution in [0.1, 0.15) is 16.7 Å². The Hall–Kier alpha value is -4.23. The molecule has 138 valence electrons. The van der Waals surface area contributed by atoms with E-state index in [0.717, 1.165) is 28.5 Å². The second-order valence-corrected chi connectivity index (χ2v) is 6.37. The van der Waals surface area contributed by atoms with Gasteiger partial charge < -0.3 is 0 Å². The van der Waals surface area contributed by atoms with Crippen molar-refractivity contribution in [2.75, 3.05) is 4.90 Å². The van der Waals surface area contributed by atoms with Crippen molar-refractivity contribution < 1.29 is 0 Å². The predicted molar refractivity (Wildman–Crippen MR) is 117 cm³/mol. The topological polar surface area (TPSA) is 52.8 Å². The van der Waals surface area contributed by atoms with Crippen molar-refractivity contribution in [1.82, 2.24) is 9.97 Å². The molecular formula is C25H18N4. The highest BCUT2D eigenvalue weighted by atomic mass is 15.2. The molecule has 0 fully saturated rings. The summed E-state index contributed by atoms with van der Waals surface area (Å²) in [4.78, 5) is 11.0. The van der Waals surface area contributed by atoms with Gasteiger partial charge in [0.2, 0.25) is 0 Å². The number of anilines is 3. The zero-order valence-corrected chi connectivity index (χ0v) is 15.7. The van der Waals surface area contributed by atoms with Gasteiger partial charge in [0.25, 0.3) is 0 Å². The summed E-state index contributed by atoms with van der Waals surface area (Å²) >= 11 is 0. The third kappa shape index (κ3) is 4.37. The molecule has 0 radical (unpaired) electrons. The summed E-state index contributed by atoms with van der Waals surface area (Å²) in [5.74, 6) is 1.62. The van der Waals surface area contributed by atoms with Crippen LogP contribution < -0.4 is 4.90 Å². The quantitative estimate of drug-likeness (QED) is 0.403. The van der Waals surface area contributed by atoms with Gasteiger partial charge in [-0.1, -0.05) is 48.6 Å². The molecule has 0 atom stereocenters. The van der Waals surface area contributed by atoms with Crippen LogP contribution in [-0.2, 0) is 0 Å². The molecule has 0 amide bonds. The Morgan fingerprint density at radius 3 is 1.62 bits per heavy atom. The largest absolute Gasteiger partial charge is 0.279 e. The van der Waals surface area contributed by atoms with Crippen LogP contribution in [0.25, 0.3) is 12.2 Å². The van der Waals surface area contributed by atoms with Crippen molar-refractivity contribution in [3.05, 3.63) is 114 Å². The maximum atomic E-state index is 8.89. The number of pyridine rings is 2. The molecule has 0 saturated heterocycles. The predicted octanol–water partition coefficient (Wildman–Crippen LogP) is 5.99. The Labute approximate surface area is 170 Å². The van der Waals surface area contributed by atoms with Crippen molar-refractivity contribution >= 4 is 29.5 Å². The molecule has 0 N–H and O–H groups in total. The number of benzene rings is 2. The lowest BCUT2D eigenvalue weighted by atomic mass is 10.1. The molecule has 0 saturated carbocycles. The minimum atomic E-state index is 0.663. The standard InChI is InChI=1S/C25H18N4/c26-19-22-11-9-20(10-12-22)7-8-21-13-15-23(16-14-21)29(24-5-1-3-17-27-24)25-6-2-4-18-28-25/h1-18H/b8-7+. The van der Waals surface area contributed by atoms with Crippen LogP contribution in [0.3, 0.4) is 0 Å². The monoisotopic (exact) mass is 374 g/mol. The van der Waals surface area contributed by atoms with E-state index in [2.05, 4.69) is 46.4 Å². The lowest BCUT2D eigenvalue weighted by molar-refractivity contribution is 1.12. The Morgan fingerprint density at radius 2 is 1.17 bits per heavy atom. The Bertz CT molecular complexity index is 1090. The summed E-state index contributed by atoms with van der Waals surface area (Å²) in [5.41, 5.74) is 3.78. The highest BCUT2D eigenvalue weighted by Crippen LogP contribution is 2.31. The van der Waals surface area contributed by atoms with E-state index in [4.69, 9.17) is 5.26 Å². The lowest BCUT2D eigenvalue weighted by Crippen LogP contribution is -2.12. The van der Waals surface area contributed by atoms with Crippen molar-refractivity contribution in [1.29, 1.82) is 5.26 Å². The van der Waals surface area contributed by atoms with E-state index in [1.54, 1.807) is 12.4 Å². The maximum Gasteiger partial charge on any atom is 0.138 e. The molecule has 4 rings (SSSR count). The molecule has 0 aliphatic carbocycles. The van der Waals surface area contributed by atoms with Gasteiger partial charge in [0.05, 0.1) is 11.6 Å². The van der Waals surface area contributed by atoms with Gasteiger partial charge >= 0.3 is 0 Å². The van der Waals surface area contributed by atoms with Crippen LogP contribution >= 0.6 is 0 Å². The first kappa shape index (κ1) is 18.1. The molecule has 4 heteroatoms. The third-order valence-electron chi connectivity index (χ3n) is 4.42. The molecule has 0 unspecified atom stereocenters. The summed E-state index contributed by atoms with van der Waals surface area (Å²) in [6.45, 7) is 0. The molecule has 0 aliphatic heterocycles. The summed E-state index contributed by atoms with van der Waals surface area (Å²) in [7, 11) is 0. The van der Waals surface area contributed by atoms with Crippen LogP contribution in [0, 0.1) is 11.3 Å². The van der Waals surface area contributed by atoms with E-state index in [1.165, 1.54) is 0 Å². The van der Waals surface area contributed by atoms with Gasteiger partial charge in [0.15, 0.2) is 0 Å². The fraction of sp³-hybridized carbons (Fsp3) is 0. The fourth-order valence-electron chi connectivity index (χ4n) is 2.95. The first-order valence-corrected chi connectivity index (χ1v) is 9.24. The SMILES string of the molecule is N#Cc1ccc(/C=C/c2ccc(N(c3ccccn3)c3ccccn3)cc2)cc1.